The molecule has 0 radical (unpaired) electrons. The first-order valence-electron chi connectivity index (χ1n) is 10.8. The van der Waals surface area contributed by atoms with Gasteiger partial charge in [0.2, 0.25) is 0 Å². The van der Waals surface area contributed by atoms with Crippen molar-refractivity contribution in [3.8, 4) is 0 Å². The first-order chi connectivity index (χ1) is 12.3. The molecular formula is C22H36O4. The molecule has 9 atom stereocenters. The van der Waals surface area contributed by atoms with Gasteiger partial charge >= 0.3 is 5.97 Å². The summed E-state index contributed by atoms with van der Waals surface area (Å²) in [6.07, 6.45) is 8.71. The summed E-state index contributed by atoms with van der Waals surface area (Å²) >= 11 is 0. The van der Waals surface area contributed by atoms with Crippen molar-refractivity contribution in [2.45, 2.75) is 84.3 Å². The van der Waals surface area contributed by atoms with Crippen LogP contribution < -0.4 is 0 Å². The van der Waals surface area contributed by atoms with Gasteiger partial charge in [0.15, 0.2) is 0 Å². The summed E-state index contributed by atoms with van der Waals surface area (Å²) in [6.45, 7) is 6.42. The molecule has 4 aliphatic rings. The maximum absolute atomic E-state index is 11.4. The zero-order valence-corrected chi connectivity index (χ0v) is 16.6. The van der Waals surface area contributed by atoms with Crippen molar-refractivity contribution in [2.24, 2.45) is 40.4 Å². The van der Waals surface area contributed by atoms with Crippen LogP contribution in [0.4, 0.5) is 0 Å². The fourth-order valence-electron chi connectivity index (χ4n) is 7.89. The third-order valence-electron chi connectivity index (χ3n) is 9.30. The normalized spacial score (nSPS) is 53.3. The Labute approximate surface area is 157 Å². The van der Waals surface area contributed by atoms with E-state index in [9.17, 15) is 15.0 Å². The van der Waals surface area contributed by atoms with Crippen molar-refractivity contribution in [1.29, 1.82) is 0 Å². The van der Waals surface area contributed by atoms with Crippen LogP contribution in [0, 0.1) is 40.4 Å². The topological polar surface area (TPSA) is 66.8 Å². The first-order valence-corrected chi connectivity index (χ1v) is 10.8. The van der Waals surface area contributed by atoms with Crippen molar-refractivity contribution in [1.82, 2.24) is 0 Å². The number of fused-ring (bicyclic) bond motifs is 5. The second kappa shape index (κ2) is 6.48. The van der Waals surface area contributed by atoms with Crippen LogP contribution in [-0.4, -0.2) is 35.0 Å². The Bertz CT molecular complexity index is 562. The standard InChI is InChI=1S/C22H36O4/c1-13(24)26-16-6-8-21(2)15(11-16)4-5-17-18(21)7-9-22(3)19(17)10-14(12-23)20(22)25/h14-20,23,25H,4-12H2,1-3H3/t14-,15-,16-,17+,18-,19-,20-,21-,22-/m0/s1. The lowest BCUT2D eigenvalue weighted by molar-refractivity contribution is -0.161. The van der Waals surface area contributed by atoms with Crippen LogP contribution in [0.3, 0.4) is 0 Å². The Kier molecular flexibility index (Phi) is 4.67. The van der Waals surface area contributed by atoms with Gasteiger partial charge in [-0.05, 0) is 85.9 Å². The molecule has 0 heterocycles. The highest BCUT2D eigenvalue weighted by Gasteiger charge is 2.62. The third kappa shape index (κ3) is 2.66. The van der Waals surface area contributed by atoms with Gasteiger partial charge in [0.1, 0.15) is 6.10 Å². The number of esters is 1. The van der Waals surface area contributed by atoms with Gasteiger partial charge in [-0.2, -0.15) is 0 Å². The summed E-state index contributed by atoms with van der Waals surface area (Å²) in [5.41, 5.74) is 0.343. The molecule has 0 saturated heterocycles. The average Bonchev–Trinajstić information content (AvgIpc) is 2.86. The summed E-state index contributed by atoms with van der Waals surface area (Å²) in [7, 11) is 0. The molecule has 4 aliphatic carbocycles. The van der Waals surface area contributed by atoms with Crippen LogP contribution in [0.2, 0.25) is 0 Å². The summed E-state index contributed by atoms with van der Waals surface area (Å²) in [5.74, 6) is 2.54. The molecule has 0 aromatic heterocycles. The fraction of sp³-hybridized carbons (Fsp3) is 0.955. The van der Waals surface area contributed by atoms with Gasteiger partial charge in [0, 0.05) is 19.4 Å². The minimum Gasteiger partial charge on any atom is -0.463 e. The van der Waals surface area contributed by atoms with E-state index >= 15 is 0 Å². The maximum atomic E-state index is 11.4. The molecule has 0 aromatic carbocycles. The Hall–Kier alpha value is -0.610. The van der Waals surface area contributed by atoms with Crippen LogP contribution in [0.25, 0.3) is 0 Å². The Morgan fingerprint density at radius 2 is 1.77 bits per heavy atom. The largest absolute Gasteiger partial charge is 0.463 e. The van der Waals surface area contributed by atoms with Crippen molar-refractivity contribution >= 4 is 5.97 Å². The molecule has 0 aliphatic heterocycles. The number of rotatable bonds is 2. The van der Waals surface area contributed by atoms with Crippen LogP contribution in [0.1, 0.15) is 72.1 Å². The second-order valence-electron chi connectivity index (χ2n) is 10.3. The third-order valence-corrected chi connectivity index (χ3v) is 9.30. The number of hydrogen-bond donors (Lipinski definition) is 2. The van der Waals surface area contributed by atoms with Gasteiger partial charge in [0.25, 0.3) is 0 Å². The van der Waals surface area contributed by atoms with E-state index in [0.29, 0.717) is 23.2 Å². The zero-order chi connectivity index (χ0) is 18.7. The molecule has 26 heavy (non-hydrogen) atoms. The van der Waals surface area contributed by atoms with E-state index in [4.69, 9.17) is 4.74 Å². The van der Waals surface area contributed by atoms with Crippen molar-refractivity contribution < 1.29 is 19.7 Å². The van der Waals surface area contributed by atoms with Gasteiger partial charge in [0.05, 0.1) is 6.10 Å². The Balaban J connectivity index is 1.54. The van der Waals surface area contributed by atoms with E-state index in [1.54, 1.807) is 0 Å². The number of hydrogen-bond acceptors (Lipinski definition) is 4. The molecule has 4 nitrogen and oxygen atoms in total. The van der Waals surface area contributed by atoms with E-state index in [1.807, 2.05) is 0 Å². The maximum Gasteiger partial charge on any atom is 0.302 e. The number of ether oxygens (including phenoxy) is 1. The van der Waals surface area contributed by atoms with Gasteiger partial charge < -0.3 is 14.9 Å². The molecule has 2 N–H and O–H groups in total. The molecule has 4 saturated carbocycles. The van der Waals surface area contributed by atoms with Crippen LogP contribution in [0.5, 0.6) is 0 Å². The average molecular weight is 365 g/mol. The van der Waals surface area contributed by atoms with Gasteiger partial charge in [-0.25, -0.2) is 0 Å². The smallest absolute Gasteiger partial charge is 0.302 e. The highest BCUT2D eigenvalue weighted by Crippen LogP contribution is 2.67. The molecule has 0 spiro atoms. The molecule has 148 valence electrons. The molecule has 0 bridgehead atoms. The fourth-order valence-corrected chi connectivity index (χ4v) is 7.89. The molecule has 0 aromatic rings. The molecule has 0 unspecified atom stereocenters. The summed E-state index contributed by atoms with van der Waals surface area (Å²) in [5, 5.41) is 20.6. The van der Waals surface area contributed by atoms with E-state index in [0.717, 1.165) is 38.0 Å². The predicted octanol–water partition coefficient (Wildman–Crippen LogP) is 3.54. The highest BCUT2D eigenvalue weighted by molar-refractivity contribution is 5.66. The van der Waals surface area contributed by atoms with Crippen LogP contribution >= 0.6 is 0 Å². The van der Waals surface area contributed by atoms with Gasteiger partial charge in [-0.3, -0.25) is 4.79 Å². The van der Waals surface area contributed by atoms with Crippen molar-refractivity contribution in [3.63, 3.8) is 0 Å². The number of aliphatic hydroxyl groups is 2. The second-order valence-corrected chi connectivity index (χ2v) is 10.3. The minimum atomic E-state index is -0.344. The lowest BCUT2D eigenvalue weighted by Gasteiger charge is -2.60. The zero-order valence-electron chi connectivity index (χ0n) is 16.6. The van der Waals surface area contributed by atoms with E-state index in [2.05, 4.69) is 13.8 Å². The SMILES string of the molecule is CC(=O)O[C@H]1CC[C@@]2(C)[C@@H](CC[C@@H]3[C@@H]2CC[C@]2(C)[C@@H](O)[C@H](CO)C[C@@H]32)C1. The molecular weight excluding hydrogens is 328 g/mol. The van der Waals surface area contributed by atoms with E-state index in [-0.39, 0.29) is 36.1 Å². The lowest BCUT2D eigenvalue weighted by Crippen LogP contribution is -2.54. The molecule has 0 amide bonds. The Morgan fingerprint density at radius 3 is 2.46 bits per heavy atom. The predicted molar refractivity (Wildman–Crippen MR) is 99.2 cm³/mol. The number of aliphatic hydroxyl groups excluding tert-OH is 2. The summed E-state index contributed by atoms with van der Waals surface area (Å²) in [4.78, 5) is 11.4. The first kappa shape index (κ1) is 18.7. The minimum absolute atomic E-state index is 0.00724. The summed E-state index contributed by atoms with van der Waals surface area (Å²) < 4.78 is 5.55. The number of carbonyl (C=O) groups excluding carboxylic acids is 1. The number of carbonyl (C=O) groups is 1. The van der Waals surface area contributed by atoms with E-state index < -0.39 is 0 Å². The van der Waals surface area contributed by atoms with Crippen molar-refractivity contribution in [3.05, 3.63) is 0 Å². The lowest BCUT2D eigenvalue weighted by atomic mass is 9.45. The van der Waals surface area contributed by atoms with Crippen molar-refractivity contribution in [2.75, 3.05) is 6.61 Å². The quantitative estimate of drug-likeness (QED) is 0.736. The van der Waals surface area contributed by atoms with Gasteiger partial charge in [-0.1, -0.05) is 13.8 Å². The van der Waals surface area contributed by atoms with E-state index in [1.165, 1.54) is 26.2 Å². The molecule has 4 rings (SSSR count). The van der Waals surface area contributed by atoms with Crippen LogP contribution in [-0.2, 0) is 9.53 Å². The molecule has 4 fully saturated rings. The van der Waals surface area contributed by atoms with Crippen LogP contribution in [0.15, 0.2) is 0 Å². The van der Waals surface area contributed by atoms with Gasteiger partial charge in [-0.15, -0.1) is 0 Å². The highest BCUT2D eigenvalue weighted by atomic mass is 16.5. The summed E-state index contributed by atoms with van der Waals surface area (Å²) in [6, 6.07) is 0. The molecule has 4 heteroatoms. The Morgan fingerprint density at radius 1 is 1.04 bits per heavy atom. The monoisotopic (exact) mass is 364 g/mol.